The summed E-state index contributed by atoms with van der Waals surface area (Å²) in [5.74, 6) is 1.03. The Bertz CT molecular complexity index is 470. The van der Waals surface area contributed by atoms with Gasteiger partial charge in [-0.15, -0.1) is 0 Å². The van der Waals surface area contributed by atoms with Crippen LogP contribution in [0.25, 0.3) is 0 Å². The van der Waals surface area contributed by atoms with Crippen LogP contribution in [0.3, 0.4) is 0 Å². The number of hydrogen-bond acceptors (Lipinski definition) is 2. The van der Waals surface area contributed by atoms with Crippen molar-refractivity contribution >= 4 is 11.6 Å². The Morgan fingerprint density at radius 1 is 1.32 bits per heavy atom. The molecule has 3 heteroatoms. The predicted molar refractivity (Wildman–Crippen MR) is 77.7 cm³/mol. The standard InChI is InChI=1S/C16H23NO2/c1-16(2,3)12-8-9-14(19-4)13(10-12)17-15(18)11-6-5-7-11/h8-11H,5-7H2,1-4H3,(H,17,18). The maximum absolute atomic E-state index is 12.1. The second kappa shape index (κ2) is 5.24. The highest BCUT2D eigenvalue weighted by molar-refractivity contribution is 5.94. The zero-order valence-electron chi connectivity index (χ0n) is 12.2. The van der Waals surface area contributed by atoms with Crippen molar-refractivity contribution < 1.29 is 9.53 Å². The van der Waals surface area contributed by atoms with Gasteiger partial charge in [0.1, 0.15) is 5.75 Å². The van der Waals surface area contributed by atoms with Crippen molar-refractivity contribution in [2.75, 3.05) is 12.4 Å². The topological polar surface area (TPSA) is 38.3 Å². The minimum absolute atomic E-state index is 0.0578. The van der Waals surface area contributed by atoms with Gasteiger partial charge in [0.05, 0.1) is 12.8 Å². The molecule has 0 aliphatic heterocycles. The van der Waals surface area contributed by atoms with Crippen molar-refractivity contribution in [3.8, 4) is 5.75 Å². The number of amides is 1. The molecule has 1 aliphatic rings. The molecule has 1 fully saturated rings. The predicted octanol–water partition coefficient (Wildman–Crippen LogP) is 3.73. The van der Waals surface area contributed by atoms with E-state index in [-0.39, 0.29) is 17.2 Å². The number of anilines is 1. The molecule has 0 bridgehead atoms. The van der Waals surface area contributed by atoms with Crippen molar-refractivity contribution in [2.45, 2.75) is 45.4 Å². The smallest absolute Gasteiger partial charge is 0.227 e. The summed E-state index contributed by atoms with van der Waals surface area (Å²) < 4.78 is 5.33. The first kappa shape index (κ1) is 13.9. The van der Waals surface area contributed by atoms with Gasteiger partial charge in [0.2, 0.25) is 5.91 Å². The zero-order chi connectivity index (χ0) is 14.0. The van der Waals surface area contributed by atoms with E-state index >= 15 is 0 Å². The van der Waals surface area contributed by atoms with Crippen molar-refractivity contribution in [3.63, 3.8) is 0 Å². The first-order valence-corrected chi connectivity index (χ1v) is 6.91. The van der Waals surface area contributed by atoms with E-state index < -0.39 is 0 Å². The monoisotopic (exact) mass is 261 g/mol. The van der Waals surface area contributed by atoms with Crippen LogP contribution in [-0.4, -0.2) is 13.0 Å². The van der Waals surface area contributed by atoms with Crippen LogP contribution in [0.1, 0.15) is 45.6 Å². The van der Waals surface area contributed by atoms with E-state index in [2.05, 4.69) is 32.2 Å². The molecule has 0 unspecified atom stereocenters. The fourth-order valence-electron chi connectivity index (χ4n) is 2.18. The molecule has 2 rings (SSSR count). The van der Waals surface area contributed by atoms with Crippen molar-refractivity contribution in [1.29, 1.82) is 0 Å². The normalized spacial score (nSPS) is 15.8. The zero-order valence-corrected chi connectivity index (χ0v) is 12.2. The second-order valence-corrected chi connectivity index (χ2v) is 6.28. The fraction of sp³-hybridized carbons (Fsp3) is 0.562. The Kier molecular flexibility index (Phi) is 3.83. The molecule has 0 heterocycles. The maximum Gasteiger partial charge on any atom is 0.227 e. The summed E-state index contributed by atoms with van der Waals surface area (Å²) in [6.07, 6.45) is 3.18. The quantitative estimate of drug-likeness (QED) is 0.900. The number of hydrogen-bond donors (Lipinski definition) is 1. The van der Waals surface area contributed by atoms with Gasteiger partial charge in [-0.05, 0) is 36.0 Å². The molecule has 0 saturated heterocycles. The van der Waals surface area contributed by atoms with Crippen LogP contribution in [-0.2, 0) is 10.2 Å². The van der Waals surface area contributed by atoms with Crippen molar-refractivity contribution in [3.05, 3.63) is 23.8 Å². The van der Waals surface area contributed by atoms with Gasteiger partial charge in [-0.1, -0.05) is 33.3 Å². The third-order valence-electron chi connectivity index (χ3n) is 3.80. The van der Waals surface area contributed by atoms with Crippen LogP contribution in [0, 0.1) is 5.92 Å². The highest BCUT2D eigenvalue weighted by Crippen LogP contribution is 2.33. The van der Waals surface area contributed by atoms with Gasteiger partial charge in [0.15, 0.2) is 0 Å². The number of ether oxygens (including phenoxy) is 1. The van der Waals surface area contributed by atoms with Crippen LogP contribution < -0.4 is 10.1 Å². The fourth-order valence-corrected chi connectivity index (χ4v) is 2.18. The summed E-state index contributed by atoms with van der Waals surface area (Å²) >= 11 is 0. The van der Waals surface area contributed by atoms with E-state index in [1.807, 2.05) is 12.1 Å². The number of rotatable bonds is 3. The maximum atomic E-state index is 12.1. The van der Waals surface area contributed by atoms with Crippen LogP contribution in [0.5, 0.6) is 5.75 Å². The van der Waals surface area contributed by atoms with Gasteiger partial charge in [-0.25, -0.2) is 0 Å². The largest absolute Gasteiger partial charge is 0.495 e. The Hall–Kier alpha value is -1.51. The van der Waals surface area contributed by atoms with E-state index in [4.69, 9.17) is 4.74 Å². The minimum Gasteiger partial charge on any atom is -0.495 e. The number of nitrogens with one attached hydrogen (secondary N) is 1. The summed E-state index contributed by atoms with van der Waals surface area (Å²) in [5, 5.41) is 3.01. The van der Waals surface area contributed by atoms with Crippen LogP contribution >= 0.6 is 0 Å². The van der Waals surface area contributed by atoms with Gasteiger partial charge >= 0.3 is 0 Å². The number of benzene rings is 1. The summed E-state index contributed by atoms with van der Waals surface area (Å²) in [6, 6.07) is 6.00. The summed E-state index contributed by atoms with van der Waals surface area (Å²) in [5.41, 5.74) is 2.03. The summed E-state index contributed by atoms with van der Waals surface area (Å²) in [6.45, 7) is 6.48. The lowest BCUT2D eigenvalue weighted by molar-refractivity contribution is -0.122. The molecule has 1 N–H and O–H groups in total. The lowest BCUT2D eigenvalue weighted by Gasteiger charge is -2.25. The molecule has 1 saturated carbocycles. The Labute approximate surface area is 115 Å². The SMILES string of the molecule is COc1ccc(C(C)(C)C)cc1NC(=O)C1CCC1. The Morgan fingerprint density at radius 3 is 2.47 bits per heavy atom. The average molecular weight is 261 g/mol. The van der Waals surface area contributed by atoms with Gasteiger partial charge in [-0.2, -0.15) is 0 Å². The highest BCUT2D eigenvalue weighted by Gasteiger charge is 2.26. The molecule has 0 atom stereocenters. The van der Waals surface area contributed by atoms with Crippen LogP contribution in [0.15, 0.2) is 18.2 Å². The Balaban J connectivity index is 2.23. The van der Waals surface area contributed by atoms with E-state index in [9.17, 15) is 4.79 Å². The van der Waals surface area contributed by atoms with E-state index in [1.165, 1.54) is 5.56 Å². The van der Waals surface area contributed by atoms with E-state index in [1.54, 1.807) is 7.11 Å². The van der Waals surface area contributed by atoms with Gasteiger partial charge in [0.25, 0.3) is 0 Å². The van der Waals surface area contributed by atoms with E-state index in [0.29, 0.717) is 0 Å². The van der Waals surface area contributed by atoms with Crippen LogP contribution in [0.2, 0.25) is 0 Å². The second-order valence-electron chi connectivity index (χ2n) is 6.28. The minimum atomic E-state index is 0.0578. The number of carbonyl (C=O) groups is 1. The van der Waals surface area contributed by atoms with Crippen molar-refractivity contribution in [1.82, 2.24) is 0 Å². The van der Waals surface area contributed by atoms with Crippen LogP contribution in [0.4, 0.5) is 5.69 Å². The Morgan fingerprint density at radius 2 is 2.00 bits per heavy atom. The van der Waals surface area contributed by atoms with Crippen molar-refractivity contribution in [2.24, 2.45) is 5.92 Å². The third kappa shape index (κ3) is 3.09. The highest BCUT2D eigenvalue weighted by atomic mass is 16.5. The molecule has 1 aromatic carbocycles. The first-order chi connectivity index (χ1) is 8.91. The lowest BCUT2D eigenvalue weighted by atomic mass is 9.84. The summed E-state index contributed by atoms with van der Waals surface area (Å²) in [4.78, 5) is 12.1. The van der Waals surface area contributed by atoms with Gasteiger partial charge < -0.3 is 10.1 Å². The first-order valence-electron chi connectivity index (χ1n) is 6.91. The lowest BCUT2D eigenvalue weighted by Crippen LogP contribution is -2.28. The molecular weight excluding hydrogens is 238 g/mol. The molecule has 0 radical (unpaired) electrons. The molecule has 0 spiro atoms. The summed E-state index contributed by atoms with van der Waals surface area (Å²) in [7, 11) is 1.63. The van der Waals surface area contributed by atoms with E-state index in [0.717, 1.165) is 30.7 Å². The molecule has 1 aliphatic carbocycles. The number of methoxy groups -OCH3 is 1. The molecule has 1 aromatic rings. The molecule has 3 nitrogen and oxygen atoms in total. The van der Waals surface area contributed by atoms with Gasteiger partial charge in [0, 0.05) is 5.92 Å². The van der Waals surface area contributed by atoms with Gasteiger partial charge in [-0.3, -0.25) is 4.79 Å². The molecule has 1 amide bonds. The number of carbonyl (C=O) groups excluding carboxylic acids is 1. The molecule has 104 valence electrons. The molecular formula is C16H23NO2. The molecule has 19 heavy (non-hydrogen) atoms. The average Bonchev–Trinajstić information content (AvgIpc) is 2.25. The molecule has 0 aromatic heterocycles. The third-order valence-corrected chi connectivity index (χ3v) is 3.80.